The SMILES string of the molecule is COc1cccc(N2C(=O)[C@H]3N=NN(c4ccc(C)c(C)c4)[C@H]3C2=O)c1. The van der Waals surface area contributed by atoms with E-state index in [1.807, 2.05) is 32.0 Å². The van der Waals surface area contributed by atoms with Crippen LogP contribution in [0.5, 0.6) is 5.75 Å². The highest BCUT2D eigenvalue weighted by Gasteiger charge is 2.55. The molecule has 4 rings (SSSR count). The lowest BCUT2D eigenvalue weighted by Gasteiger charge is -2.21. The number of fused-ring (bicyclic) bond motifs is 1. The van der Waals surface area contributed by atoms with Gasteiger partial charge in [0.2, 0.25) is 0 Å². The molecule has 0 bridgehead atoms. The summed E-state index contributed by atoms with van der Waals surface area (Å²) < 4.78 is 5.19. The monoisotopic (exact) mass is 350 g/mol. The molecule has 132 valence electrons. The number of nitrogens with zero attached hydrogens (tertiary/aromatic N) is 4. The van der Waals surface area contributed by atoms with Crippen molar-refractivity contribution >= 4 is 23.2 Å². The Labute approximate surface area is 150 Å². The molecule has 7 nitrogen and oxygen atoms in total. The zero-order valence-electron chi connectivity index (χ0n) is 14.7. The minimum absolute atomic E-state index is 0.337. The average Bonchev–Trinajstić information content (AvgIpc) is 3.18. The van der Waals surface area contributed by atoms with Gasteiger partial charge in [-0.25, -0.2) is 9.91 Å². The Balaban J connectivity index is 1.70. The van der Waals surface area contributed by atoms with E-state index in [0.29, 0.717) is 11.4 Å². The molecule has 0 aromatic heterocycles. The first-order valence-corrected chi connectivity index (χ1v) is 8.30. The summed E-state index contributed by atoms with van der Waals surface area (Å²) in [6.45, 7) is 4.01. The molecule has 0 N–H and O–H groups in total. The van der Waals surface area contributed by atoms with E-state index in [0.717, 1.165) is 16.8 Å². The number of methoxy groups -OCH3 is 1. The second kappa shape index (κ2) is 5.94. The minimum atomic E-state index is -0.824. The molecule has 2 aromatic carbocycles. The standard InChI is InChI=1S/C19H18N4O3/c1-11-7-8-14(9-12(11)2)23-17-16(20-21-23)18(24)22(19(17)25)13-5-4-6-15(10-13)26-3/h4-10,16-17H,1-3H3/t16-,17+/m0/s1. The molecule has 0 spiro atoms. The molecule has 26 heavy (non-hydrogen) atoms. The highest BCUT2D eigenvalue weighted by molar-refractivity contribution is 6.26. The van der Waals surface area contributed by atoms with Crippen LogP contribution in [0.25, 0.3) is 0 Å². The van der Waals surface area contributed by atoms with Crippen LogP contribution < -0.4 is 14.6 Å². The largest absolute Gasteiger partial charge is 0.497 e. The Kier molecular flexibility index (Phi) is 3.72. The van der Waals surface area contributed by atoms with Crippen molar-refractivity contribution in [1.82, 2.24) is 0 Å². The molecule has 7 heteroatoms. The van der Waals surface area contributed by atoms with Crippen LogP contribution in [0, 0.1) is 13.8 Å². The maximum absolute atomic E-state index is 13.0. The lowest BCUT2D eigenvalue weighted by molar-refractivity contribution is -0.121. The predicted molar refractivity (Wildman–Crippen MR) is 96.3 cm³/mol. The number of imide groups is 1. The van der Waals surface area contributed by atoms with Gasteiger partial charge < -0.3 is 4.74 Å². The average molecular weight is 350 g/mol. The molecule has 2 aliphatic heterocycles. The van der Waals surface area contributed by atoms with Crippen LogP contribution in [0.1, 0.15) is 11.1 Å². The van der Waals surface area contributed by atoms with Crippen LogP contribution in [0.15, 0.2) is 52.8 Å². The van der Waals surface area contributed by atoms with E-state index in [1.54, 1.807) is 24.3 Å². The Morgan fingerprint density at radius 1 is 0.962 bits per heavy atom. The summed E-state index contributed by atoms with van der Waals surface area (Å²) in [6, 6.07) is 11.1. The van der Waals surface area contributed by atoms with Gasteiger partial charge in [-0.05, 0) is 49.2 Å². The fraction of sp³-hybridized carbons (Fsp3) is 0.263. The third-order valence-corrected chi connectivity index (χ3v) is 4.85. The van der Waals surface area contributed by atoms with Crippen molar-refractivity contribution in [3.05, 3.63) is 53.6 Å². The van der Waals surface area contributed by atoms with Gasteiger partial charge in [0.05, 0.1) is 18.5 Å². The third-order valence-electron chi connectivity index (χ3n) is 4.85. The van der Waals surface area contributed by atoms with Gasteiger partial charge >= 0.3 is 0 Å². The van der Waals surface area contributed by atoms with Crippen LogP contribution in [-0.2, 0) is 9.59 Å². The summed E-state index contributed by atoms with van der Waals surface area (Å²) in [7, 11) is 1.54. The lowest BCUT2D eigenvalue weighted by atomic mass is 10.1. The van der Waals surface area contributed by atoms with Crippen molar-refractivity contribution in [3.8, 4) is 5.75 Å². The number of rotatable bonds is 3. The number of carbonyl (C=O) groups excluding carboxylic acids is 2. The summed E-state index contributed by atoms with van der Waals surface area (Å²) in [6.07, 6.45) is 0. The van der Waals surface area contributed by atoms with Crippen molar-refractivity contribution in [2.75, 3.05) is 17.0 Å². The number of ether oxygens (including phenoxy) is 1. The molecular formula is C19H18N4O3. The lowest BCUT2D eigenvalue weighted by Crippen LogP contribution is -2.40. The van der Waals surface area contributed by atoms with Crippen molar-refractivity contribution in [2.45, 2.75) is 25.9 Å². The van der Waals surface area contributed by atoms with Crippen molar-refractivity contribution in [1.29, 1.82) is 0 Å². The van der Waals surface area contributed by atoms with E-state index >= 15 is 0 Å². The van der Waals surface area contributed by atoms with Crippen LogP contribution in [0.3, 0.4) is 0 Å². The van der Waals surface area contributed by atoms with E-state index in [9.17, 15) is 9.59 Å². The Bertz CT molecular complexity index is 940. The first kappa shape index (κ1) is 16.3. The third kappa shape index (κ3) is 2.35. The maximum Gasteiger partial charge on any atom is 0.263 e. The first-order valence-electron chi connectivity index (χ1n) is 8.30. The van der Waals surface area contributed by atoms with Gasteiger partial charge in [0.15, 0.2) is 12.1 Å². The number of anilines is 2. The van der Waals surface area contributed by atoms with Crippen molar-refractivity contribution in [3.63, 3.8) is 0 Å². The summed E-state index contributed by atoms with van der Waals surface area (Å²) in [4.78, 5) is 27.0. The summed E-state index contributed by atoms with van der Waals surface area (Å²) in [5, 5.41) is 9.69. The smallest absolute Gasteiger partial charge is 0.263 e. The van der Waals surface area contributed by atoms with E-state index < -0.39 is 12.1 Å². The van der Waals surface area contributed by atoms with E-state index in [1.165, 1.54) is 17.0 Å². The number of hydrogen-bond donors (Lipinski definition) is 0. The molecule has 0 unspecified atom stereocenters. The molecule has 0 aliphatic carbocycles. The highest BCUT2D eigenvalue weighted by Crippen LogP contribution is 2.36. The van der Waals surface area contributed by atoms with Gasteiger partial charge in [0.25, 0.3) is 11.8 Å². The molecule has 0 saturated carbocycles. The number of aryl methyl sites for hydroxylation is 2. The summed E-state index contributed by atoms with van der Waals surface area (Å²) in [5.41, 5.74) is 3.46. The Morgan fingerprint density at radius 2 is 1.77 bits per heavy atom. The number of amides is 2. The van der Waals surface area contributed by atoms with Crippen LogP contribution in [0.2, 0.25) is 0 Å². The number of carbonyl (C=O) groups is 2. The number of benzene rings is 2. The molecule has 2 aliphatic rings. The molecule has 1 fully saturated rings. The van der Waals surface area contributed by atoms with Gasteiger partial charge in [0.1, 0.15) is 5.75 Å². The number of hydrogen-bond acceptors (Lipinski definition) is 6. The summed E-state index contributed by atoms with van der Waals surface area (Å²) in [5.74, 6) is -0.132. The minimum Gasteiger partial charge on any atom is -0.497 e. The Morgan fingerprint density at radius 3 is 2.50 bits per heavy atom. The van der Waals surface area contributed by atoms with Crippen LogP contribution in [0.4, 0.5) is 11.4 Å². The zero-order chi connectivity index (χ0) is 18.4. The normalized spacial score (nSPS) is 21.5. The van der Waals surface area contributed by atoms with Gasteiger partial charge in [0, 0.05) is 6.07 Å². The molecule has 2 atom stereocenters. The first-order chi connectivity index (χ1) is 12.5. The predicted octanol–water partition coefficient (Wildman–Crippen LogP) is 2.81. The van der Waals surface area contributed by atoms with Crippen molar-refractivity contribution < 1.29 is 14.3 Å². The Hall–Kier alpha value is -3.22. The second-order valence-corrected chi connectivity index (χ2v) is 6.42. The van der Waals surface area contributed by atoms with Gasteiger partial charge in [-0.3, -0.25) is 9.59 Å². The summed E-state index contributed by atoms with van der Waals surface area (Å²) >= 11 is 0. The van der Waals surface area contributed by atoms with E-state index in [4.69, 9.17) is 4.74 Å². The van der Waals surface area contributed by atoms with E-state index in [2.05, 4.69) is 10.3 Å². The highest BCUT2D eigenvalue weighted by atomic mass is 16.5. The molecule has 0 radical (unpaired) electrons. The van der Waals surface area contributed by atoms with Crippen LogP contribution >= 0.6 is 0 Å². The topological polar surface area (TPSA) is 74.6 Å². The molecule has 2 heterocycles. The maximum atomic E-state index is 13.0. The molecule has 1 saturated heterocycles. The zero-order valence-corrected chi connectivity index (χ0v) is 14.7. The van der Waals surface area contributed by atoms with Gasteiger partial charge in [-0.2, -0.15) is 5.11 Å². The van der Waals surface area contributed by atoms with Gasteiger partial charge in [-0.15, -0.1) is 0 Å². The van der Waals surface area contributed by atoms with E-state index in [-0.39, 0.29) is 11.8 Å². The molecule has 2 amide bonds. The quantitative estimate of drug-likeness (QED) is 0.798. The van der Waals surface area contributed by atoms with Crippen molar-refractivity contribution in [2.24, 2.45) is 10.3 Å². The molecular weight excluding hydrogens is 332 g/mol. The second-order valence-electron chi connectivity index (χ2n) is 6.42. The fourth-order valence-corrected chi connectivity index (χ4v) is 3.25. The van der Waals surface area contributed by atoms with Crippen LogP contribution in [-0.4, -0.2) is 31.0 Å². The molecule has 2 aromatic rings. The van der Waals surface area contributed by atoms with Gasteiger partial charge in [-0.1, -0.05) is 17.4 Å². The fourth-order valence-electron chi connectivity index (χ4n) is 3.25.